The maximum absolute atomic E-state index is 10.9. The molecule has 0 saturated heterocycles. The van der Waals surface area contributed by atoms with Gasteiger partial charge in [0, 0.05) is 6.04 Å². The van der Waals surface area contributed by atoms with Crippen LogP contribution < -0.4 is 5.32 Å². The summed E-state index contributed by atoms with van der Waals surface area (Å²) < 4.78 is 4.59. The molecule has 0 radical (unpaired) electrons. The summed E-state index contributed by atoms with van der Waals surface area (Å²) in [4.78, 5) is 10.9. The van der Waals surface area contributed by atoms with Crippen LogP contribution in [0.25, 0.3) is 0 Å². The van der Waals surface area contributed by atoms with Crippen LogP contribution in [-0.4, -0.2) is 26.2 Å². The molecule has 0 heterocycles. The molecule has 0 rings (SSSR count). The van der Waals surface area contributed by atoms with Crippen LogP contribution in [0.3, 0.4) is 0 Å². The number of carbonyl (C=O) groups is 1. The van der Waals surface area contributed by atoms with Crippen LogP contribution in [-0.2, 0) is 9.53 Å². The molecule has 0 aliphatic carbocycles. The Morgan fingerprint density at radius 1 is 1.50 bits per heavy atom. The Hall–Kier alpha value is -0.570. The van der Waals surface area contributed by atoms with Crippen LogP contribution in [0.15, 0.2) is 0 Å². The predicted molar refractivity (Wildman–Crippen MR) is 48.9 cm³/mol. The topological polar surface area (TPSA) is 38.3 Å². The SMILES string of the molecule is CN[C@H](CC(=O)OC)CC(C)C. The molecular formula is C9H19NO2. The van der Waals surface area contributed by atoms with E-state index in [2.05, 4.69) is 23.9 Å². The first-order valence-corrected chi connectivity index (χ1v) is 4.34. The lowest BCUT2D eigenvalue weighted by molar-refractivity contribution is -0.141. The molecule has 0 aliphatic rings. The monoisotopic (exact) mass is 173 g/mol. The Morgan fingerprint density at radius 3 is 2.42 bits per heavy atom. The highest BCUT2D eigenvalue weighted by Crippen LogP contribution is 2.07. The lowest BCUT2D eigenvalue weighted by Gasteiger charge is -2.16. The first-order chi connectivity index (χ1) is 5.60. The smallest absolute Gasteiger partial charge is 0.307 e. The molecule has 3 nitrogen and oxygen atoms in total. The molecule has 0 saturated carbocycles. The first kappa shape index (κ1) is 11.4. The van der Waals surface area contributed by atoms with Crippen molar-refractivity contribution in [2.24, 2.45) is 5.92 Å². The summed E-state index contributed by atoms with van der Waals surface area (Å²) in [6, 6.07) is 0.248. The third-order valence-electron chi connectivity index (χ3n) is 1.80. The van der Waals surface area contributed by atoms with Crippen molar-refractivity contribution in [3.63, 3.8) is 0 Å². The average molecular weight is 173 g/mol. The van der Waals surface area contributed by atoms with Crippen LogP contribution in [0.2, 0.25) is 0 Å². The lowest BCUT2D eigenvalue weighted by atomic mass is 10.0. The van der Waals surface area contributed by atoms with E-state index in [1.165, 1.54) is 7.11 Å². The Morgan fingerprint density at radius 2 is 2.08 bits per heavy atom. The van der Waals surface area contributed by atoms with Gasteiger partial charge in [-0.15, -0.1) is 0 Å². The molecule has 0 bridgehead atoms. The van der Waals surface area contributed by atoms with Gasteiger partial charge in [0.05, 0.1) is 13.5 Å². The van der Waals surface area contributed by atoms with Crippen LogP contribution in [0.4, 0.5) is 0 Å². The lowest BCUT2D eigenvalue weighted by Crippen LogP contribution is -2.29. The summed E-state index contributed by atoms with van der Waals surface area (Å²) in [7, 11) is 3.29. The average Bonchev–Trinajstić information content (AvgIpc) is 2.02. The van der Waals surface area contributed by atoms with Crippen LogP contribution in [0, 0.1) is 5.92 Å². The highest BCUT2D eigenvalue weighted by Gasteiger charge is 2.13. The first-order valence-electron chi connectivity index (χ1n) is 4.34. The summed E-state index contributed by atoms with van der Waals surface area (Å²) in [5, 5.41) is 3.10. The quantitative estimate of drug-likeness (QED) is 0.634. The fourth-order valence-electron chi connectivity index (χ4n) is 1.16. The number of ether oxygens (including phenoxy) is 1. The Labute approximate surface area is 74.5 Å². The van der Waals surface area contributed by atoms with Crippen molar-refractivity contribution in [3.8, 4) is 0 Å². The van der Waals surface area contributed by atoms with Gasteiger partial charge in [-0.25, -0.2) is 0 Å². The minimum absolute atomic E-state index is 0.144. The van der Waals surface area contributed by atoms with E-state index >= 15 is 0 Å². The summed E-state index contributed by atoms with van der Waals surface area (Å²) in [5.41, 5.74) is 0. The second-order valence-electron chi connectivity index (χ2n) is 3.40. The van der Waals surface area contributed by atoms with Crippen LogP contribution in [0.5, 0.6) is 0 Å². The van der Waals surface area contributed by atoms with Crippen molar-refractivity contribution in [1.29, 1.82) is 0 Å². The van der Waals surface area contributed by atoms with E-state index in [9.17, 15) is 4.79 Å². The second-order valence-corrected chi connectivity index (χ2v) is 3.40. The molecule has 3 heteroatoms. The van der Waals surface area contributed by atoms with E-state index in [1.54, 1.807) is 0 Å². The molecule has 1 atom stereocenters. The van der Waals surface area contributed by atoms with Gasteiger partial charge in [-0.05, 0) is 19.4 Å². The Kier molecular flexibility index (Phi) is 5.72. The van der Waals surface area contributed by atoms with Gasteiger partial charge in [0.15, 0.2) is 0 Å². The number of nitrogens with one attached hydrogen (secondary N) is 1. The minimum atomic E-state index is -0.144. The summed E-state index contributed by atoms with van der Waals surface area (Å²) in [6.45, 7) is 4.28. The number of methoxy groups -OCH3 is 1. The fraction of sp³-hybridized carbons (Fsp3) is 0.889. The maximum atomic E-state index is 10.9. The number of esters is 1. The largest absolute Gasteiger partial charge is 0.469 e. The van der Waals surface area contributed by atoms with E-state index < -0.39 is 0 Å². The van der Waals surface area contributed by atoms with Gasteiger partial charge in [0.25, 0.3) is 0 Å². The molecule has 0 aromatic heterocycles. The molecule has 0 fully saturated rings. The van der Waals surface area contributed by atoms with Crippen molar-refractivity contribution < 1.29 is 9.53 Å². The van der Waals surface area contributed by atoms with Gasteiger partial charge in [-0.1, -0.05) is 13.8 Å². The third-order valence-corrected chi connectivity index (χ3v) is 1.80. The zero-order valence-corrected chi connectivity index (χ0v) is 8.39. The number of hydrogen-bond acceptors (Lipinski definition) is 3. The predicted octanol–water partition coefficient (Wildman–Crippen LogP) is 1.18. The van der Waals surface area contributed by atoms with Gasteiger partial charge in [-0.3, -0.25) is 4.79 Å². The summed E-state index contributed by atoms with van der Waals surface area (Å²) in [6.07, 6.45) is 1.47. The highest BCUT2D eigenvalue weighted by molar-refractivity contribution is 5.69. The van der Waals surface area contributed by atoms with Gasteiger partial charge >= 0.3 is 5.97 Å². The van der Waals surface area contributed by atoms with E-state index in [1.807, 2.05) is 7.05 Å². The van der Waals surface area contributed by atoms with Crippen molar-refractivity contribution in [2.75, 3.05) is 14.2 Å². The van der Waals surface area contributed by atoms with Crippen LogP contribution in [0.1, 0.15) is 26.7 Å². The molecular weight excluding hydrogens is 154 g/mol. The number of rotatable bonds is 5. The molecule has 0 aromatic carbocycles. The molecule has 0 aromatic rings. The van der Waals surface area contributed by atoms with E-state index in [0.29, 0.717) is 12.3 Å². The van der Waals surface area contributed by atoms with E-state index in [4.69, 9.17) is 0 Å². The fourth-order valence-corrected chi connectivity index (χ4v) is 1.16. The maximum Gasteiger partial charge on any atom is 0.307 e. The third kappa shape index (κ3) is 5.13. The second kappa shape index (κ2) is 6.00. The molecule has 0 amide bonds. The Bertz CT molecular complexity index is 134. The summed E-state index contributed by atoms with van der Waals surface area (Å²) in [5.74, 6) is 0.460. The summed E-state index contributed by atoms with van der Waals surface area (Å²) >= 11 is 0. The molecule has 12 heavy (non-hydrogen) atoms. The number of carbonyl (C=O) groups excluding carboxylic acids is 1. The van der Waals surface area contributed by atoms with Crippen molar-refractivity contribution in [3.05, 3.63) is 0 Å². The van der Waals surface area contributed by atoms with Crippen molar-refractivity contribution in [2.45, 2.75) is 32.7 Å². The van der Waals surface area contributed by atoms with Crippen molar-refractivity contribution >= 4 is 5.97 Å². The van der Waals surface area contributed by atoms with Gasteiger partial charge in [-0.2, -0.15) is 0 Å². The van der Waals surface area contributed by atoms with Gasteiger partial charge in [0.1, 0.15) is 0 Å². The zero-order valence-electron chi connectivity index (χ0n) is 8.39. The molecule has 0 aliphatic heterocycles. The molecule has 72 valence electrons. The van der Waals surface area contributed by atoms with E-state index in [0.717, 1.165) is 6.42 Å². The van der Waals surface area contributed by atoms with E-state index in [-0.39, 0.29) is 12.0 Å². The molecule has 1 N–H and O–H groups in total. The standard InChI is InChI=1S/C9H19NO2/c1-7(2)5-8(10-3)6-9(11)12-4/h7-8,10H,5-6H2,1-4H3/t8-/m0/s1. The van der Waals surface area contributed by atoms with Gasteiger partial charge < -0.3 is 10.1 Å². The molecule has 0 unspecified atom stereocenters. The van der Waals surface area contributed by atoms with Crippen molar-refractivity contribution in [1.82, 2.24) is 5.32 Å². The number of hydrogen-bond donors (Lipinski definition) is 1. The molecule has 0 spiro atoms. The minimum Gasteiger partial charge on any atom is -0.469 e. The van der Waals surface area contributed by atoms with Gasteiger partial charge in [0.2, 0.25) is 0 Å². The zero-order chi connectivity index (χ0) is 9.56. The Balaban J connectivity index is 3.74. The highest BCUT2D eigenvalue weighted by atomic mass is 16.5. The van der Waals surface area contributed by atoms with Crippen LogP contribution >= 0.6 is 0 Å². The normalized spacial score (nSPS) is 13.1.